The van der Waals surface area contributed by atoms with Crippen LogP contribution >= 0.6 is 11.8 Å². The maximum absolute atomic E-state index is 13.3. The van der Waals surface area contributed by atoms with E-state index in [9.17, 15) is 24.0 Å². The van der Waals surface area contributed by atoms with Gasteiger partial charge in [-0.25, -0.2) is 9.69 Å². The molecule has 0 N–H and O–H groups in total. The predicted octanol–water partition coefficient (Wildman–Crippen LogP) is 13.3. The highest BCUT2D eigenvalue weighted by Crippen LogP contribution is 2.67. The molecule has 0 bridgehead atoms. The number of carbonyl (C=O) groups is 5. The van der Waals surface area contributed by atoms with E-state index in [1.54, 1.807) is 0 Å². The fourth-order valence-electron chi connectivity index (χ4n) is 15.0. The third kappa shape index (κ3) is 12.4. The molecular weight excluding hydrogens is 915 g/mol. The molecule has 1 aromatic carbocycles. The van der Waals surface area contributed by atoms with Crippen LogP contribution in [0.3, 0.4) is 0 Å². The number of unbranched alkanes of at least 4 members (excludes halogenated alkanes) is 1. The van der Waals surface area contributed by atoms with Gasteiger partial charge in [0.25, 0.3) is 0 Å². The summed E-state index contributed by atoms with van der Waals surface area (Å²) in [5.74, 6) is 6.79. The molecule has 0 radical (unpaired) electrons. The molecule has 2 amide bonds. The van der Waals surface area contributed by atoms with Crippen molar-refractivity contribution in [2.75, 3.05) is 25.8 Å². The van der Waals surface area contributed by atoms with Crippen LogP contribution in [0.5, 0.6) is 11.5 Å². The second-order valence-corrected chi connectivity index (χ2v) is 25.2. The molecule has 3 saturated carbocycles. The third-order valence-corrected chi connectivity index (χ3v) is 20.5. The number of imide groups is 1. The molecule has 7 aliphatic rings. The predicted molar refractivity (Wildman–Crippen MR) is 277 cm³/mol. The van der Waals surface area contributed by atoms with E-state index in [1.165, 1.54) is 61.8 Å². The van der Waals surface area contributed by atoms with Gasteiger partial charge in [0, 0.05) is 68.7 Å². The van der Waals surface area contributed by atoms with Crippen molar-refractivity contribution in [3.8, 4) is 11.5 Å². The average Bonchev–Trinajstić information content (AvgIpc) is 4.11. The summed E-state index contributed by atoms with van der Waals surface area (Å²) in [4.78, 5) is 66.0. The molecule has 8 rings (SSSR count). The topological polar surface area (TPSA) is 135 Å². The minimum Gasteiger partial charge on any atom is -0.462 e. The lowest BCUT2D eigenvalue weighted by Gasteiger charge is -2.58. The summed E-state index contributed by atoms with van der Waals surface area (Å²) >= 11 is 1.81. The molecule has 3 heterocycles. The Kier molecular flexibility index (Phi) is 18.1. The summed E-state index contributed by atoms with van der Waals surface area (Å²) in [6.07, 6.45) is 20.9. The van der Waals surface area contributed by atoms with Gasteiger partial charge in [-0.1, -0.05) is 72.0 Å². The first-order valence-corrected chi connectivity index (χ1v) is 29.1. The van der Waals surface area contributed by atoms with Crippen molar-refractivity contribution in [3.05, 3.63) is 34.9 Å². The number of rotatable bonds is 24. The fourth-order valence-corrected chi connectivity index (χ4v) is 16.7. The van der Waals surface area contributed by atoms with Crippen molar-refractivity contribution in [1.29, 1.82) is 0 Å². The maximum atomic E-state index is 13.3. The van der Waals surface area contributed by atoms with Crippen LogP contribution in [0.2, 0.25) is 0 Å². The number of hydrogen-bond acceptors (Lipinski definition) is 11. The Morgan fingerprint density at radius 3 is 2.30 bits per heavy atom. The Morgan fingerprint density at radius 2 is 1.54 bits per heavy atom. The summed E-state index contributed by atoms with van der Waals surface area (Å²) in [6.45, 7) is 17.3. The van der Waals surface area contributed by atoms with Gasteiger partial charge in [-0.2, -0.15) is 11.8 Å². The van der Waals surface area contributed by atoms with E-state index in [1.807, 2.05) is 37.7 Å². The van der Waals surface area contributed by atoms with E-state index in [0.29, 0.717) is 74.4 Å². The number of ether oxygens (including phenoxy) is 5. The SMILES string of the molecule is Cc1cc2c(cc1C(C)OC(=O)N1C(=O)C[C@@H]3[C@H](CCCCC(=O)CCCOCCCC(=O)CCC(=O)OC4CC[C@@]5(C)C(=CCC6C7CCC(C(C)CCCC(C)C)[C@@]7(C)CCC65)C4)SC[C@@H]31)OCO2. The molecule has 0 aromatic heterocycles. The maximum Gasteiger partial charge on any atom is 0.417 e. The Bertz CT molecular complexity index is 2100. The second kappa shape index (κ2) is 23.9. The van der Waals surface area contributed by atoms with Gasteiger partial charge in [0.2, 0.25) is 12.7 Å². The van der Waals surface area contributed by atoms with Gasteiger partial charge in [0.1, 0.15) is 23.8 Å². The number of amides is 2. The number of nitrogens with zero attached hydrogens (tertiary/aromatic N) is 1. The van der Waals surface area contributed by atoms with Crippen LogP contribution in [-0.2, 0) is 33.4 Å². The number of ketones is 2. The highest BCUT2D eigenvalue weighted by Gasteiger charge is 2.59. The molecule has 12 heteroatoms. The number of hydrogen-bond donors (Lipinski definition) is 0. The molecule has 5 fully saturated rings. The zero-order chi connectivity index (χ0) is 50.5. The lowest BCUT2D eigenvalue weighted by molar-refractivity contribution is -0.152. The quantitative estimate of drug-likeness (QED) is 0.0556. The van der Waals surface area contributed by atoms with Gasteiger partial charge in [-0.15, -0.1) is 0 Å². The lowest BCUT2D eigenvalue weighted by Crippen LogP contribution is -2.51. The van der Waals surface area contributed by atoms with E-state index < -0.39 is 12.2 Å². The van der Waals surface area contributed by atoms with Crippen molar-refractivity contribution in [1.82, 2.24) is 4.90 Å². The van der Waals surface area contributed by atoms with E-state index in [-0.39, 0.29) is 71.8 Å². The highest BCUT2D eigenvalue weighted by atomic mass is 32.2. The van der Waals surface area contributed by atoms with Crippen molar-refractivity contribution in [3.63, 3.8) is 0 Å². The molecule has 3 aliphatic heterocycles. The second-order valence-electron chi connectivity index (χ2n) is 23.9. The summed E-state index contributed by atoms with van der Waals surface area (Å²) < 4.78 is 28.6. The summed E-state index contributed by atoms with van der Waals surface area (Å²) in [7, 11) is 0. The Morgan fingerprint density at radius 1 is 0.803 bits per heavy atom. The normalized spacial score (nSPS) is 31.4. The largest absolute Gasteiger partial charge is 0.462 e. The zero-order valence-electron chi connectivity index (χ0n) is 44.4. The average molecular weight is 1000 g/mol. The molecular formula is C59H87NO10S. The third-order valence-electron chi connectivity index (χ3n) is 19.0. The Hall–Kier alpha value is -3.38. The van der Waals surface area contributed by atoms with Crippen LogP contribution in [0.1, 0.15) is 200 Å². The van der Waals surface area contributed by atoms with Gasteiger partial charge >= 0.3 is 12.1 Å². The molecule has 71 heavy (non-hydrogen) atoms. The van der Waals surface area contributed by atoms with Gasteiger partial charge in [-0.3, -0.25) is 19.2 Å². The summed E-state index contributed by atoms with van der Waals surface area (Å²) in [5, 5.41) is 0.272. The number of aryl methyl sites for hydroxylation is 1. The molecule has 394 valence electrons. The number of carbonyl (C=O) groups excluding carboxylic acids is 5. The van der Waals surface area contributed by atoms with Crippen LogP contribution < -0.4 is 9.47 Å². The van der Waals surface area contributed by atoms with Gasteiger partial charge in [0.05, 0.1) is 12.5 Å². The van der Waals surface area contributed by atoms with Crippen LogP contribution in [-0.4, -0.2) is 77.6 Å². The standard InChI is InChI=1S/C59H87NO10S/c1-37(2)13-10-14-38(3)48-22-23-49-45-21-19-41-32-44(25-27-58(41,6)50(45)26-28-59(48,49)7)70-56(64)24-20-43(62)17-12-30-66-29-11-16-42(61)15-8-9-18-54-47-34-55(63)60(51(47)35-71-54)57(65)69-40(5)46-33-53-52(31-39(46)4)67-36-68-53/h19,31,33,37-38,40,44-45,47-51,54H,8-18,20-30,32,34-36H2,1-7H3/t38?,40?,44?,45?,47-,48?,49?,50?,51-,54-,58-,59+/m0/s1. The lowest BCUT2D eigenvalue weighted by atomic mass is 9.47. The van der Waals surface area contributed by atoms with E-state index in [0.717, 1.165) is 85.2 Å². The van der Waals surface area contributed by atoms with Crippen molar-refractivity contribution < 1.29 is 47.7 Å². The molecule has 0 spiro atoms. The number of esters is 1. The molecule has 2 saturated heterocycles. The van der Waals surface area contributed by atoms with Gasteiger partial charge in [-0.05, 0) is 154 Å². The van der Waals surface area contributed by atoms with Crippen LogP contribution in [0, 0.1) is 59.2 Å². The monoisotopic (exact) mass is 1000 g/mol. The van der Waals surface area contributed by atoms with Crippen molar-refractivity contribution in [2.45, 2.75) is 213 Å². The van der Waals surface area contributed by atoms with Crippen LogP contribution in [0.25, 0.3) is 0 Å². The smallest absolute Gasteiger partial charge is 0.417 e. The van der Waals surface area contributed by atoms with E-state index in [2.05, 4.69) is 40.7 Å². The number of benzene rings is 1. The number of thioether (sulfide) groups is 1. The van der Waals surface area contributed by atoms with Crippen molar-refractivity contribution in [2.24, 2.45) is 52.3 Å². The highest BCUT2D eigenvalue weighted by molar-refractivity contribution is 8.00. The van der Waals surface area contributed by atoms with Crippen LogP contribution in [0.15, 0.2) is 23.8 Å². The fraction of sp³-hybridized carbons (Fsp3) is 0.780. The van der Waals surface area contributed by atoms with Crippen LogP contribution in [0.4, 0.5) is 4.79 Å². The first-order chi connectivity index (χ1) is 34.0. The number of fused-ring (bicyclic) bond motifs is 7. The first-order valence-electron chi connectivity index (χ1n) is 28.1. The zero-order valence-corrected chi connectivity index (χ0v) is 45.2. The van der Waals surface area contributed by atoms with Gasteiger partial charge < -0.3 is 23.7 Å². The number of allylic oxidation sites excluding steroid dienone is 1. The molecule has 4 aliphatic carbocycles. The Balaban J connectivity index is 0.643. The molecule has 7 unspecified atom stereocenters. The van der Waals surface area contributed by atoms with E-state index >= 15 is 0 Å². The minimum absolute atomic E-state index is 0.0609. The minimum atomic E-state index is -0.595. The number of Topliss-reactive ketones (excluding diaryl/α,β-unsaturated/α-hetero) is 2. The number of likely N-dealkylation sites (tertiary alicyclic amines) is 1. The Labute approximate surface area is 429 Å². The molecule has 1 aromatic rings. The molecule has 12 atom stereocenters. The summed E-state index contributed by atoms with van der Waals surface area (Å²) in [6, 6.07) is 3.55. The van der Waals surface area contributed by atoms with Gasteiger partial charge in [0.15, 0.2) is 11.5 Å². The van der Waals surface area contributed by atoms with Crippen molar-refractivity contribution >= 4 is 41.3 Å². The van der Waals surface area contributed by atoms with E-state index in [4.69, 9.17) is 23.7 Å². The molecule has 11 nitrogen and oxygen atoms in total. The first kappa shape index (κ1) is 53.9. The summed E-state index contributed by atoms with van der Waals surface area (Å²) in [5.41, 5.74) is 3.96.